The molecule has 2 heterocycles. The number of nitrogens with one attached hydrogen (secondary N) is 1. The van der Waals surface area contributed by atoms with Gasteiger partial charge < -0.3 is 5.32 Å². The topological polar surface area (TPSA) is 49.4 Å². The lowest BCUT2D eigenvalue weighted by Gasteiger charge is -2.18. The van der Waals surface area contributed by atoms with E-state index in [1.807, 2.05) is 68.6 Å². The average Bonchev–Trinajstić information content (AvgIpc) is 3.27. The Kier molecular flexibility index (Phi) is 5.03. The first-order valence-electron chi connectivity index (χ1n) is 9.14. The van der Waals surface area contributed by atoms with E-state index in [4.69, 9.17) is 11.6 Å². The molecule has 0 unspecified atom stereocenters. The lowest BCUT2D eigenvalue weighted by atomic mass is 10.1. The van der Waals surface area contributed by atoms with Gasteiger partial charge in [0.25, 0.3) is 11.8 Å². The summed E-state index contributed by atoms with van der Waals surface area (Å²) >= 11 is 7.67. The number of anilines is 2. The normalized spacial score (nSPS) is 14.1. The van der Waals surface area contributed by atoms with E-state index in [9.17, 15) is 9.59 Å². The highest BCUT2D eigenvalue weighted by atomic mass is 35.5. The van der Waals surface area contributed by atoms with Gasteiger partial charge in [-0.1, -0.05) is 41.4 Å². The van der Waals surface area contributed by atoms with Crippen LogP contribution in [0.15, 0.2) is 59.6 Å². The number of amides is 2. The molecule has 0 saturated heterocycles. The van der Waals surface area contributed by atoms with Crippen LogP contribution in [-0.4, -0.2) is 11.8 Å². The zero-order valence-corrected chi connectivity index (χ0v) is 17.8. The molecule has 0 saturated carbocycles. The van der Waals surface area contributed by atoms with Crippen LogP contribution in [0.4, 0.5) is 11.4 Å². The van der Waals surface area contributed by atoms with Gasteiger partial charge in [-0.2, -0.15) is 0 Å². The van der Waals surface area contributed by atoms with Crippen molar-refractivity contribution in [1.29, 1.82) is 0 Å². The van der Waals surface area contributed by atoms with E-state index < -0.39 is 0 Å². The summed E-state index contributed by atoms with van der Waals surface area (Å²) in [6.45, 7) is 5.79. The second kappa shape index (κ2) is 7.50. The average molecular weight is 423 g/mol. The number of rotatable bonds is 4. The molecule has 0 bridgehead atoms. The molecule has 0 fully saturated rings. The molecular weight excluding hydrogens is 404 g/mol. The number of nitrogens with zero attached hydrogens (tertiary/aromatic N) is 1. The van der Waals surface area contributed by atoms with Gasteiger partial charge in [0.1, 0.15) is 5.70 Å². The standard InChI is InChI=1S/C23H19ClN2O2S/c1-13-6-9-18(15(3)11-13)26-22(27)20(19-5-4-10-29-19)21(23(26)28)25-16-8-7-14(2)17(24)12-16/h4-12,25H,1-3H3. The van der Waals surface area contributed by atoms with Crippen molar-refractivity contribution in [3.63, 3.8) is 0 Å². The van der Waals surface area contributed by atoms with Crippen LogP contribution in [0.2, 0.25) is 5.02 Å². The second-order valence-electron chi connectivity index (χ2n) is 7.05. The Morgan fingerprint density at radius 2 is 1.72 bits per heavy atom. The number of benzene rings is 2. The molecule has 1 N–H and O–H groups in total. The van der Waals surface area contributed by atoms with E-state index in [2.05, 4.69) is 5.32 Å². The summed E-state index contributed by atoms with van der Waals surface area (Å²) in [5, 5.41) is 5.63. The van der Waals surface area contributed by atoms with E-state index in [1.165, 1.54) is 16.2 Å². The molecule has 0 spiro atoms. The van der Waals surface area contributed by atoms with E-state index >= 15 is 0 Å². The second-order valence-corrected chi connectivity index (χ2v) is 8.41. The van der Waals surface area contributed by atoms with Gasteiger partial charge in [-0.25, -0.2) is 4.90 Å². The highest BCUT2D eigenvalue weighted by Gasteiger charge is 2.41. The van der Waals surface area contributed by atoms with Crippen LogP contribution >= 0.6 is 22.9 Å². The summed E-state index contributed by atoms with van der Waals surface area (Å²) in [4.78, 5) is 28.7. The molecule has 1 aliphatic rings. The van der Waals surface area contributed by atoms with Gasteiger partial charge >= 0.3 is 0 Å². The largest absolute Gasteiger partial charge is 0.350 e. The lowest BCUT2D eigenvalue weighted by Crippen LogP contribution is -2.33. The number of hydrogen-bond donors (Lipinski definition) is 1. The van der Waals surface area contributed by atoms with Crippen LogP contribution in [0.3, 0.4) is 0 Å². The predicted molar refractivity (Wildman–Crippen MR) is 119 cm³/mol. The Morgan fingerprint density at radius 1 is 0.931 bits per heavy atom. The summed E-state index contributed by atoms with van der Waals surface area (Å²) in [6, 6.07) is 14.9. The number of thiophene rings is 1. The Bertz CT molecular complexity index is 1170. The van der Waals surface area contributed by atoms with E-state index in [0.717, 1.165) is 21.6 Å². The van der Waals surface area contributed by atoms with Gasteiger partial charge in [-0.3, -0.25) is 9.59 Å². The predicted octanol–water partition coefficient (Wildman–Crippen LogP) is 5.72. The van der Waals surface area contributed by atoms with Crippen LogP contribution in [0.25, 0.3) is 5.57 Å². The fraction of sp³-hybridized carbons (Fsp3) is 0.130. The third-order valence-corrected chi connectivity index (χ3v) is 6.18. The molecule has 4 rings (SSSR count). The van der Waals surface area contributed by atoms with E-state index in [1.54, 1.807) is 6.07 Å². The molecule has 2 aromatic carbocycles. The molecule has 29 heavy (non-hydrogen) atoms. The SMILES string of the molecule is Cc1ccc(N2C(=O)C(Nc3ccc(C)c(Cl)c3)=C(c3cccs3)C2=O)c(C)c1. The first-order chi connectivity index (χ1) is 13.9. The van der Waals surface area contributed by atoms with Crippen LogP contribution in [0.5, 0.6) is 0 Å². The highest BCUT2D eigenvalue weighted by Crippen LogP contribution is 2.37. The molecule has 4 nitrogen and oxygen atoms in total. The van der Waals surface area contributed by atoms with Crippen molar-refractivity contribution in [1.82, 2.24) is 0 Å². The van der Waals surface area contributed by atoms with Crippen molar-refractivity contribution in [2.45, 2.75) is 20.8 Å². The van der Waals surface area contributed by atoms with Crippen molar-refractivity contribution < 1.29 is 9.59 Å². The summed E-state index contributed by atoms with van der Waals surface area (Å²) in [7, 11) is 0. The molecule has 3 aromatic rings. The minimum Gasteiger partial charge on any atom is -0.350 e. The van der Waals surface area contributed by atoms with E-state index in [0.29, 0.717) is 22.0 Å². The van der Waals surface area contributed by atoms with Gasteiger partial charge in [0.15, 0.2) is 0 Å². The van der Waals surface area contributed by atoms with Gasteiger partial charge in [0.2, 0.25) is 0 Å². The minimum absolute atomic E-state index is 0.261. The number of aryl methyl sites for hydroxylation is 3. The number of carbonyl (C=O) groups excluding carboxylic acids is 2. The van der Waals surface area contributed by atoms with Crippen molar-refractivity contribution >= 4 is 51.7 Å². The fourth-order valence-corrected chi connectivity index (χ4v) is 4.33. The Hall–Kier alpha value is -2.89. The number of halogens is 1. The molecular formula is C23H19ClN2O2S. The van der Waals surface area contributed by atoms with Crippen LogP contribution in [-0.2, 0) is 9.59 Å². The third-order valence-electron chi connectivity index (χ3n) is 4.89. The van der Waals surface area contributed by atoms with Crippen LogP contribution in [0, 0.1) is 20.8 Å². The zero-order chi connectivity index (χ0) is 20.7. The third kappa shape index (κ3) is 3.48. The monoisotopic (exact) mass is 422 g/mol. The van der Waals surface area contributed by atoms with Crippen LogP contribution in [0.1, 0.15) is 21.6 Å². The number of hydrogen-bond acceptors (Lipinski definition) is 4. The van der Waals surface area contributed by atoms with Gasteiger partial charge in [-0.05, 0) is 61.5 Å². The first-order valence-corrected chi connectivity index (χ1v) is 10.4. The van der Waals surface area contributed by atoms with Gasteiger partial charge in [0, 0.05) is 15.6 Å². The Labute approximate surface area is 178 Å². The molecule has 0 atom stereocenters. The maximum absolute atomic E-state index is 13.4. The molecule has 6 heteroatoms. The molecule has 1 aromatic heterocycles. The summed E-state index contributed by atoms with van der Waals surface area (Å²) in [5.41, 5.74) is 4.78. The van der Waals surface area contributed by atoms with Gasteiger partial charge in [0.05, 0.1) is 11.3 Å². The number of imide groups is 1. The molecule has 146 valence electrons. The van der Waals surface area contributed by atoms with Crippen LogP contribution < -0.4 is 10.2 Å². The smallest absolute Gasteiger partial charge is 0.282 e. The Balaban J connectivity index is 1.81. The van der Waals surface area contributed by atoms with Gasteiger partial charge in [-0.15, -0.1) is 11.3 Å². The fourth-order valence-electron chi connectivity index (χ4n) is 3.39. The summed E-state index contributed by atoms with van der Waals surface area (Å²) in [5.74, 6) is -0.702. The molecule has 2 amide bonds. The quantitative estimate of drug-likeness (QED) is 0.547. The lowest BCUT2D eigenvalue weighted by molar-refractivity contribution is -0.120. The molecule has 0 aliphatic carbocycles. The molecule has 0 radical (unpaired) electrons. The minimum atomic E-state index is -0.373. The highest BCUT2D eigenvalue weighted by molar-refractivity contribution is 7.11. The summed E-state index contributed by atoms with van der Waals surface area (Å²) in [6.07, 6.45) is 0. The summed E-state index contributed by atoms with van der Waals surface area (Å²) < 4.78 is 0. The number of carbonyl (C=O) groups is 2. The van der Waals surface area contributed by atoms with Crippen molar-refractivity contribution in [2.75, 3.05) is 10.2 Å². The van der Waals surface area contributed by atoms with Crippen molar-refractivity contribution in [3.8, 4) is 0 Å². The molecule has 1 aliphatic heterocycles. The van der Waals surface area contributed by atoms with Crippen molar-refractivity contribution in [3.05, 3.63) is 86.2 Å². The first kappa shape index (κ1) is 19.4. The van der Waals surface area contributed by atoms with E-state index in [-0.39, 0.29) is 17.5 Å². The Morgan fingerprint density at radius 3 is 2.38 bits per heavy atom. The zero-order valence-electron chi connectivity index (χ0n) is 16.2. The maximum atomic E-state index is 13.4. The maximum Gasteiger partial charge on any atom is 0.282 e. The van der Waals surface area contributed by atoms with Crippen molar-refractivity contribution in [2.24, 2.45) is 0 Å².